The van der Waals surface area contributed by atoms with Crippen LogP contribution in [0.15, 0.2) is 53.5 Å². The molecule has 4 nitrogen and oxygen atoms in total. The summed E-state index contributed by atoms with van der Waals surface area (Å²) in [6.07, 6.45) is 2.28. The maximum absolute atomic E-state index is 6.15. The zero-order chi connectivity index (χ0) is 19.2. The second-order valence-corrected chi connectivity index (χ2v) is 7.74. The third-order valence-electron chi connectivity index (χ3n) is 5.17. The highest BCUT2D eigenvalue weighted by molar-refractivity contribution is 5.92. The van der Waals surface area contributed by atoms with Gasteiger partial charge in [-0.05, 0) is 48.9 Å². The van der Waals surface area contributed by atoms with Gasteiger partial charge in [-0.3, -0.25) is 4.99 Å². The molecule has 27 heavy (non-hydrogen) atoms. The van der Waals surface area contributed by atoms with Crippen molar-refractivity contribution in [3.8, 4) is 0 Å². The van der Waals surface area contributed by atoms with Crippen LogP contribution in [0.25, 0.3) is 0 Å². The third kappa shape index (κ3) is 5.33. The number of nitrogens with zero attached hydrogens (tertiary/aromatic N) is 1. The number of hydrogen-bond acceptors (Lipinski definition) is 2. The molecular weight excluding hydrogens is 334 g/mol. The molecule has 144 valence electrons. The first kappa shape index (κ1) is 19.4. The summed E-state index contributed by atoms with van der Waals surface area (Å²) < 4.78 is 6.08. The van der Waals surface area contributed by atoms with E-state index < -0.39 is 0 Å². The quantitative estimate of drug-likeness (QED) is 0.578. The first-order valence-electron chi connectivity index (χ1n) is 9.88. The Morgan fingerprint density at radius 1 is 1.22 bits per heavy atom. The average Bonchev–Trinajstić information content (AvgIpc) is 2.67. The Balaban J connectivity index is 1.65. The summed E-state index contributed by atoms with van der Waals surface area (Å²) in [5, 5.41) is 3.23. The lowest BCUT2D eigenvalue weighted by Crippen LogP contribution is -2.28. The predicted octanol–water partition coefficient (Wildman–Crippen LogP) is 5.01. The van der Waals surface area contributed by atoms with Crippen molar-refractivity contribution in [3.05, 3.63) is 65.2 Å². The molecule has 1 saturated heterocycles. The summed E-state index contributed by atoms with van der Waals surface area (Å²) >= 11 is 0. The van der Waals surface area contributed by atoms with Gasteiger partial charge in [0.2, 0.25) is 0 Å². The minimum Gasteiger partial charge on any atom is -0.373 e. The maximum Gasteiger partial charge on any atom is 0.193 e. The molecule has 1 fully saturated rings. The Hall–Kier alpha value is -2.33. The molecule has 0 spiro atoms. The number of nitrogens with two attached hydrogens (primary N) is 1. The van der Waals surface area contributed by atoms with E-state index in [1.807, 2.05) is 12.1 Å². The second-order valence-electron chi connectivity index (χ2n) is 7.74. The summed E-state index contributed by atoms with van der Waals surface area (Å²) in [6, 6.07) is 17.0. The van der Waals surface area contributed by atoms with Crippen molar-refractivity contribution in [2.45, 2.75) is 45.6 Å². The fourth-order valence-electron chi connectivity index (χ4n) is 3.53. The van der Waals surface area contributed by atoms with Gasteiger partial charge in [-0.25, -0.2) is 0 Å². The molecule has 1 aliphatic heterocycles. The summed E-state index contributed by atoms with van der Waals surface area (Å²) in [7, 11) is 0. The van der Waals surface area contributed by atoms with Crippen molar-refractivity contribution in [2.24, 2.45) is 16.6 Å². The lowest BCUT2D eigenvalue weighted by Gasteiger charge is -2.31. The Kier molecular flexibility index (Phi) is 6.51. The van der Waals surface area contributed by atoms with Crippen LogP contribution in [0.3, 0.4) is 0 Å². The summed E-state index contributed by atoms with van der Waals surface area (Å²) in [6.45, 7) is 7.96. The normalized spacial score (nSPS) is 20.7. The molecule has 2 unspecified atom stereocenters. The number of hydrogen-bond donors (Lipinski definition) is 2. The predicted molar refractivity (Wildman–Crippen MR) is 113 cm³/mol. The first-order valence-corrected chi connectivity index (χ1v) is 9.88. The molecule has 0 aliphatic carbocycles. The zero-order valence-corrected chi connectivity index (χ0v) is 16.6. The molecule has 0 saturated carbocycles. The fraction of sp³-hybridized carbons (Fsp3) is 0.435. The minimum atomic E-state index is 0.0974. The van der Waals surface area contributed by atoms with Gasteiger partial charge in [0.1, 0.15) is 0 Å². The molecule has 2 atom stereocenters. The van der Waals surface area contributed by atoms with Crippen LogP contribution < -0.4 is 11.1 Å². The summed E-state index contributed by atoms with van der Waals surface area (Å²) in [5.74, 6) is 1.30. The zero-order valence-electron chi connectivity index (χ0n) is 16.6. The molecule has 0 bridgehead atoms. The average molecular weight is 366 g/mol. The smallest absolute Gasteiger partial charge is 0.193 e. The van der Waals surface area contributed by atoms with Crippen LogP contribution in [0.1, 0.15) is 55.4 Å². The van der Waals surface area contributed by atoms with Gasteiger partial charge in [0, 0.05) is 24.8 Å². The van der Waals surface area contributed by atoms with Crippen LogP contribution in [0, 0.1) is 12.8 Å². The van der Waals surface area contributed by atoms with E-state index in [2.05, 4.69) is 67.5 Å². The van der Waals surface area contributed by atoms with Gasteiger partial charge < -0.3 is 15.8 Å². The van der Waals surface area contributed by atoms with Gasteiger partial charge in [-0.1, -0.05) is 55.8 Å². The highest BCUT2D eigenvalue weighted by Crippen LogP contribution is 2.34. The molecule has 1 aliphatic rings. The lowest BCUT2D eigenvalue weighted by molar-refractivity contribution is -0.0250. The number of ether oxygens (including phenoxy) is 1. The topological polar surface area (TPSA) is 59.6 Å². The van der Waals surface area contributed by atoms with Gasteiger partial charge in [-0.2, -0.15) is 0 Å². The first-order chi connectivity index (χ1) is 13.0. The SMILES string of the molecule is Cc1ccc(C2OCCCC2CN=C(N)Nc2cccc(C(C)C)c2)cc1. The van der Waals surface area contributed by atoms with Crippen molar-refractivity contribution >= 4 is 11.6 Å². The second kappa shape index (κ2) is 9.05. The summed E-state index contributed by atoms with van der Waals surface area (Å²) in [5.41, 5.74) is 10.9. The van der Waals surface area contributed by atoms with Crippen LogP contribution in [0.4, 0.5) is 5.69 Å². The highest BCUT2D eigenvalue weighted by Gasteiger charge is 2.27. The molecule has 0 radical (unpaired) electrons. The Morgan fingerprint density at radius 3 is 2.74 bits per heavy atom. The standard InChI is InChI=1S/C23H31N3O/c1-16(2)19-6-4-8-21(14-19)26-23(24)25-15-20-7-5-13-27-22(20)18-11-9-17(3)10-12-18/h4,6,8-12,14,16,20,22H,5,7,13,15H2,1-3H3,(H3,24,25,26). The van der Waals surface area contributed by atoms with Crippen molar-refractivity contribution < 1.29 is 4.74 Å². The van der Waals surface area contributed by atoms with Crippen LogP contribution in [-0.4, -0.2) is 19.1 Å². The van der Waals surface area contributed by atoms with Gasteiger partial charge in [-0.15, -0.1) is 0 Å². The van der Waals surface area contributed by atoms with E-state index >= 15 is 0 Å². The van der Waals surface area contributed by atoms with Crippen molar-refractivity contribution in [2.75, 3.05) is 18.5 Å². The molecule has 2 aromatic rings. The fourth-order valence-corrected chi connectivity index (χ4v) is 3.53. The van der Waals surface area contributed by atoms with Crippen LogP contribution >= 0.6 is 0 Å². The van der Waals surface area contributed by atoms with Gasteiger partial charge >= 0.3 is 0 Å². The van der Waals surface area contributed by atoms with Crippen molar-refractivity contribution in [1.29, 1.82) is 0 Å². The molecule has 0 amide bonds. The van der Waals surface area contributed by atoms with E-state index in [1.54, 1.807) is 0 Å². The molecule has 4 heteroatoms. The van der Waals surface area contributed by atoms with E-state index in [-0.39, 0.29) is 6.10 Å². The number of benzene rings is 2. The molecule has 3 rings (SSSR count). The highest BCUT2D eigenvalue weighted by atomic mass is 16.5. The Morgan fingerprint density at radius 2 is 2.00 bits per heavy atom. The van der Waals surface area contributed by atoms with Crippen LogP contribution in [0.5, 0.6) is 0 Å². The van der Waals surface area contributed by atoms with E-state index in [9.17, 15) is 0 Å². The van der Waals surface area contributed by atoms with Crippen molar-refractivity contribution in [3.63, 3.8) is 0 Å². The minimum absolute atomic E-state index is 0.0974. The molecule has 0 aromatic heterocycles. The number of anilines is 1. The number of rotatable bonds is 5. The molecule has 3 N–H and O–H groups in total. The van der Waals surface area contributed by atoms with Crippen LogP contribution in [0.2, 0.25) is 0 Å². The van der Waals surface area contributed by atoms with Gasteiger partial charge in [0.25, 0.3) is 0 Å². The maximum atomic E-state index is 6.15. The molecule has 2 aromatic carbocycles. The third-order valence-corrected chi connectivity index (χ3v) is 5.17. The number of guanidine groups is 1. The molecular formula is C23H31N3O. The van der Waals surface area contributed by atoms with E-state index in [0.29, 0.717) is 24.3 Å². The molecule has 1 heterocycles. The summed E-state index contributed by atoms with van der Waals surface area (Å²) in [4.78, 5) is 4.61. The Labute approximate surface area is 162 Å². The largest absolute Gasteiger partial charge is 0.373 e. The van der Waals surface area contributed by atoms with Gasteiger partial charge in [0.05, 0.1) is 6.10 Å². The number of aliphatic imine (C=N–C) groups is 1. The lowest BCUT2D eigenvalue weighted by atomic mass is 9.89. The van der Waals surface area contributed by atoms with Gasteiger partial charge in [0.15, 0.2) is 5.96 Å². The number of aryl methyl sites for hydroxylation is 1. The van der Waals surface area contributed by atoms with E-state index in [1.165, 1.54) is 16.7 Å². The number of nitrogens with one attached hydrogen (secondary N) is 1. The van der Waals surface area contributed by atoms with E-state index in [0.717, 1.165) is 25.1 Å². The Bertz CT molecular complexity index is 767. The van der Waals surface area contributed by atoms with E-state index in [4.69, 9.17) is 10.5 Å². The monoisotopic (exact) mass is 365 g/mol. The van der Waals surface area contributed by atoms with Crippen LogP contribution in [-0.2, 0) is 4.74 Å². The van der Waals surface area contributed by atoms with Crippen molar-refractivity contribution in [1.82, 2.24) is 0 Å².